The minimum Gasteiger partial charge on any atom is -0.310 e. The lowest BCUT2D eigenvalue weighted by atomic mass is 9.74. The van der Waals surface area contributed by atoms with Crippen LogP contribution in [0.15, 0.2) is 164 Å². The van der Waals surface area contributed by atoms with Gasteiger partial charge in [-0.15, -0.1) is 0 Å². The SMILES string of the molecule is CC1(C)c2ccccc2C2C=c3c(n(-c4ccccc4)c4ccc(-c5cccc(-c6ccc7c8ccccc8c8ccccc8c7c6)c5)cc34)=CC21. The van der Waals surface area contributed by atoms with Crippen molar-refractivity contribution in [3.63, 3.8) is 0 Å². The molecular formula is C51H37N. The van der Waals surface area contributed by atoms with Crippen molar-refractivity contribution in [2.75, 3.05) is 0 Å². The Morgan fingerprint density at radius 3 is 1.71 bits per heavy atom. The van der Waals surface area contributed by atoms with Gasteiger partial charge in [-0.3, -0.25) is 0 Å². The van der Waals surface area contributed by atoms with Gasteiger partial charge in [0.2, 0.25) is 0 Å². The summed E-state index contributed by atoms with van der Waals surface area (Å²) in [6.45, 7) is 4.85. The standard InChI is InChI=1S/C51H37N/c1-51(2)47-22-11-10-21-42(47)44-30-46-45-29-35(24-26-49(45)52(50(46)31-48(44)51)36-15-4-3-5-16-36)33-14-12-13-32(27-33)34-23-25-41-39-19-7-6-17-37(39)38-18-8-9-20-40(38)43(41)28-34/h3-31,44,48H,1-2H3. The molecule has 2 aliphatic carbocycles. The molecule has 0 N–H and O–H groups in total. The van der Waals surface area contributed by atoms with Gasteiger partial charge in [0, 0.05) is 22.2 Å². The minimum atomic E-state index is 0.0567. The molecule has 52 heavy (non-hydrogen) atoms. The zero-order chi connectivity index (χ0) is 34.6. The Labute approximate surface area is 303 Å². The van der Waals surface area contributed by atoms with E-state index in [1.165, 1.54) is 92.9 Å². The third-order valence-corrected chi connectivity index (χ3v) is 12.3. The fraction of sp³-hybridized carbons (Fsp3) is 0.0980. The first-order valence-corrected chi connectivity index (χ1v) is 18.5. The first-order chi connectivity index (χ1) is 25.5. The quantitative estimate of drug-likeness (QED) is 0.166. The molecule has 1 nitrogen and oxygen atoms in total. The fourth-order valence-corrected chi connectivity index (χ4v) is 9.73. The van der Waals surface area contributed by atoms with Gasteiger partial charge in [0.1, 0.15) is 0 Å². The zero-order valence-electron chi connectivity index (χ0n) is 29.3. The number of hydrogen-bond acceptors (Lipinski definition) is 0. The predicted octanol–water partition coefficient (Wildman–Crippen LogP) is 11.7. The van der Waals surface area contributed by atoms with Gasteiger partial charge in [-0.25, -0.2) is 0 Å². The summed E-state index contributed by atoms with van der Waals surface area (Å²) < 4.78 is 2.49. The third kappa shape index (κ3) is 4.17. The molecule has 2 unspecified atom stereocenters. The van der Waals surface area contributed by atoms with Crippen molar-refractivity contribution in [3.8, 4) is 27.9 Å². The van der Waals surface area contributed by atoms with Crippen molar-refractivity contribution in [1.29, 1.82) is 0 Å². The summed E-state index contributed by atoms with van der Waals surface area (Å²) in [7, 11) is 0. The third-order valence-electron chi connectivity index (χ3n) is 12.3. The van der Waals surface area contributed by atoms with Crippen molar-refractivity contribution in [1.82, 2.24) is 4.57 Å². The highest BCUT2D eigenvalue weighted by molar-refractivity contribution is 6.25. The molecule has 0 fully saturated rings. The first kappa shape index (κ1) is 29.5. The number of benzene rings is 8. The summed E-state index contributed by atoms with van der Waals surface area (Å²) in [5.74, 6) is 0.763. The molecule has 1 heterocycles. The normalized spacial score (nSPS) is 17.1. The van der Waals surface area contributed by atoms with Crippen LogP contribution >= 0.6 is 0 Å². The van der Waals surface area contributed by atoms with Gasteiger partial charge in [-0.2, -0.15) is 0 Å². The first-order valence-electron chi connectivity index (χ1n) is 18.5. The van der Waals surface area contributed by atoms with Crippen molar-refractivity contribution in [3.05, 3.63) is 185 Å². The predicted molar refractivity (Wildman–Crippen MR) is 221 cm³/mol. The summed E-state index contributed by atoms with van der Waals surface area (Å²) in [4.78, 5) is 0. The molecule has 9 aromatic rings. The topological polar surface area (TPSA) is 4.93 Å². The molecular weight excluding hydrogens is 627 g/mol. The molecule has 0 saturated carbocycles. The Balaban J connectivity index is 1.09. The lowest BCUT2D eigenvalue weighted by molar-refractivity contribution is 0.421. The largest absolute Gasteiger partial charge is 0.310 e. The second-order valence-corrected chi connectivity index (χ2v) is 15.3. The van der Waals surface area contributed by atoms with Crippen molar-refractivity contribution in [2.24, 2.45) is 5.92 Å². The molecule has 1 aromatic heterocycles. The highest BCUT2D eigenvalue weighted by Gasteiger charge is 2.45. The van der Waals surface area contributed by atoms with Crippen LogP contribution in [0.1, 0.15) is 30.9 Å². The van der Waals surface area contributed by atoms with Crippen LogP contribution in [0, 0.1) is 5.92 Å². The second kappa shape index (κ2) is 10.9. The maximum absolute atomic E-state index is 2.58. The molecule has 2 aliphatic rings. The van der Waals surface area contributed by atoms with Gasteiger partial charge in [-0.1, -0.05) is 153 Å². The fourth-order valence-electron chi connectivity index (χ4n) is 9.73. The number of para-hydroxylation sites is 1. The molecule has 0 aliphatic heterocycles. The smallest absolute Gasteiger partial charge is 0.0541 e. The van der Waals surface area contributed by atoms with E-state index in [-0.39, 0.29) is 5.41 Å². The lowest BCUT2D eigenvalue weighted by Crippen LogP contribution is -2.37. The maximum atomic E-state index is 2.58. The highest BCUT2D eigenvalue weighted by atomic mass is 15.0. The molecule has 0 radical (unpaired) electrons. The Hall–Kier alpha value is -6.18. The van der Waals surface area contributed by atoms with E-state index in [9.17, 15) is 0 Å². The van der Waals surface area contributed by atoms with Crippen LogP contribution < -0.4 is 10.6 Å². The van der Waals surface area contributed by atoms with Gasteiger partial charge in [-0.05, 0) is 113 Å². The monoisotopic (exact) mass is 663 g/mol. The molecule has 1 heteroatoms. The molecule has 246 valence electrons. The molecule has 2 atom stereocenters. The molecule has 0 spiro atoms. The minimum absolute atomic E-state index is 0.0567. The van der Waals surface area contributed by atoms with Gasteiger partial charge in [0.15, 0.2) is 0 Å². The summed E-state index contributed by atoms with van der Waals surface area (Å²) in [6, 6.07) is 60.8. The van der Waals surface area contributed by atoms with E-state index in [4.69, 9.17) is 0 Å². The molecule has 0 amide bonds. The Bertz CT molecular complexity index is 3020. The van der Waals surface area contributed by atoms with Gasteiger partial charge in [0.05, 0.1) is 10.9 Å². The number of aromatic nitrogens is 1. The summed E-state index contributed by atoms with van der Waals surface area (Å²) in [5, 5.41) is 11.8. The average molecular weight is 664 g/mol. The van der Waals surface area contributed by atoms with E-state index < -0.39 is 0 Å². The van der Waals surface area contributed by atoms with Gasteiger partial charge in [0.25, 0.3) is 0 Å². The average Bonchev–Trinajstić information content (AvgIpc) is 3.64. The van der Waals surface area contributed by atoms with Crippen LogP contribution in [0.5, 0.6) is 0 Å². The van der Waals surface area contributed by atoms with Crippen LogP contribution in [0.3, 0.4) is 0 Å². The number of rotatable bonds is 3. The van der Waals surface area contributed by atoms with Gasteiger partial charge < -0.3 is 4.57 Å². The number of hydrogen-bond donors (Lipinski definition) is 0. The molecule has 11 rings (SSSR count). The molecule has 0 bridgehead atoms. The summed E-state index contributed by atoms with van der Waals surface area (Å²) in [6.07, 6.45) is 5.17. The van der Waals surface area contributed by atoms with Crippen LogP contribution in [-0.4, -0.2) is 4.57 Å². The van der Waals surface area contributed by atoms with E-state index in [1.807, 2.05) is 0 Å². The maximum Gasteiger partial charge on any atom is 0.0541 e. The highest BCUT2D eigenvalue weighted by Crippen LogP contribution is 2.52. The number of fused-ring (bicyclic) bond motifs is 12. The second-order valence-electron chi connectivity index (χ2n) is 15.3. The van der Waals surface area contributed by atoms with Crippen molar-refractivity contribution >= 4 is 55.4 Å². The van der Waals surface area contributed by atoms with E-state index in [2.05, 4.69) is 194 Å². The summed E-state index contributed by atoms with van der Waals surface area (Å²) in [5.41, 5.74) is 10.4. The Morgan fingerprint density at radius 2 is 1.00 bits per heavy atom. The zero-order valence-corrected chi connectivity index (χ0v) is 29.3. The van der Waals surface area contributed by atoms with Crippen LogP contribution in [0.4, 0.5) is 0 Å². The van der Waals surface area contributed by atoms with Crippen molar-refractivity contribution in [2.45, 2.75) is 25.2 Å². The van der Waals surface area contributed by atoms with E-state index >= 15 is 0 Å². The molecule has 0 saturated heterocycles. The van der Waals surface area contributed by atoms with E-state index in [1.54, 1.807) is 0 Å². The van der Waals surface area contributed by atoms with Crippen LogP contribution in [0.25, 0.3) is 83.3 Å². The Morgan fingerprint density at radius 1 is 0.442 bits per heavy atom. The van der Waals surface area contributed by atoms with E-state index in [0.29, 0.717) is 11.8 Å². The van der Waals surface area contributed by atoms with Crippen LogP contribution in [-0.2, 0) is 5.41 Å². The summed E-state index contributed by atoms with van der Waals surface area (Å²) >= 11 is 0. The van der Waals surface area contributed by atoms with Crippen molar-refractivity contribution < 1.29 is 0 Å². The van der Waals surface area contributed by atoms with E-state index in [0.717, 1.165) is 0 Å². The van der Waals surface area contributed by atoms with Crippen LogP contribution in [0.2, 0.25) is 0 Å². The van der Waals surface area contributed by atoms with Gasteiger partial charge >= 0.3 is 0 Å². The lowest BCUT2D eigenvalue weighted by Gasteiger charge is -2.29. The number of nitrogens with zero attached hydrogens (tertiary/aromatic N) is 1. The molecule has 8 aromatic carbocycles. The Kier molecular flexibility index (Phi) is 6.20.